The minimum atomic E-state index is -0.277. The zero-order chi connectivity index (χ0) is 15.7. The van der Waals surface area contributed by atoms with E-state index in [1.807, 2.05) is 18.5 Å². The monoisotopic (exact) mass is 319 g/mol. The van der Waals surface area contributed by atoms with Crippen molar-refractivity contribution >= 4 is 11.8 Å². The number of rotatable bonds is 4. The van der Waals surface area contributed by atoms with Crippen molar-refractivity contribution in [2.24, 2.45) is 7.05 Å². The fraction of sp³-hybridized carbons (Fsp3) is 0.286. The Hall–Kier alpha value is -2.22. The van der Waals surface area contributed by atoms with Crippen LogP contribution in [0.25, 0.3) is 11.4 Å². The van der Waals surface area contributed by atoms with E-state index in [0.717, 1.165) is 10.7 Å². The molecule has 0 bridgehead atoms. The summed E-state index contributed by atoms with van der Waals surface area (Å²) >= 11 is 1.47. The van der Waals surface area contributed by atoms with Gasteiger partial charge in [-0.05, 0) is 38.1 Å². The van der Waals surface area contributed by atoms with Crippen molar-refractivity contribution in [3.05, 3.63) is 41.8 Å². The van der Waals surface area contributed by atoms with Crippen LogP contribution in [0, 0.1) is 12.7 Å². The number of benzene rings is 1. The summed E-state index contributed by atoms with van der Waals surface area (Å²) < 4.78 is 20.0. The SMILES string of the molecule is Cc1noc(C(C)Sc2nnc(-c3ccc(F)cc3)n2C)n1. The lowest BCUT2D eigenvalue weighted by molar-refractivity contribution is 0.376. The molecule has 8 heteroatoms. The van der Waals surface area contributed by atoms with Crippen LogP contribution in [-0.4, -0.2) is 24.9 Å². The Bertz CT molecular complexity index is 783. The average Bonchev–Trinajstić information content (AvgIpc) is 3.08. The first-order valence-electron chi connectivity index (χ1n) is 6.67. The van der Waals surface area contributed by atoms with Crippen molar-refractivity contribution in [2.75, 3.05) is 0 Å². The number of halogens is 1. The van der Waals surface area contributed by atoms with Crippen LogP contribution >= 0.6 is 11.8 Å². The van der Waals surface area contributed by atoms with Crippen LogP contribution in [0.3, 0.4) is 0 Å². The molecule has 1 unspecified atom stereocenters. The summed E-state index contributed by atoms with van der Waals surface area (Å²) in [6.07, 6.45) is 0. The van der Waals surface area contributed by atoms with E-state index in [-0.39, 0.29) is 11.1 Å². The predicted octanol–water partition coefficient (Wildman–Crippen LogP) is 3.17. The molecule has 0 radical (unpaired) electrons. The highest BCUT2D eigenvalue weighted by Gasteiger charge is 2.19. The molecule has 1 aromatic carbocycles. The number of nitrogens with zero attached hydrogens (tertiary/aromatic N) is 5. The summed E-state index contributed by atoms with van der Waals surface area (Å²) in [7, 11) is 1.87. The Morgan fingerprint density at radius 3 is 2.59 bits per heavy atom. The zero-order valence-electron chi connectivity index (χ0n) is 12.3. The Morgan fingerprint density at radius 1 is 1.23 bits per heavy atom. The molecule has 0 fully saturated rings. The molecule has 6 nitrogen and oxygen atoms in total. The third kappa shape index (κ3) is 2.87. The number of aromatic nitrogens is 5. The molecule has 0 N–H and O–H groups in total. The van der Waals surface area contributed by atoms with Crippen LogP contribution < -0.4 is 0 Å². The van der Waals surface area contributed by atoms with Gasteiger partial charge in [0.2, 0.25) is 5.89 Å². The van der Waals surface area contributed by atoms with Gasteiger partial charge in [0.1, 0.15) is 5.82 Å². The maximum absolute atomic E-state index is 13.0. The quantitative estimate of drug-likeness (QED) is 0.688. The second kappa shape index (κ2) is 5.88. The van der Waals surface area contributed by atoms with Crippen LogP contribution in [0.15, 0.2) is 33.9 Å². The molecule has 114 valence electrons. The van der Waals surface area contributed by atoms with E-state index in [4.69, 9.17) is 4.52 Å². The average molecular weight is 319 g/mol. The van der Waals surface area contributed by atoms with Crippen LogP contribution in [0.2, 0.25) is 0 Å². The zero-order valence-corrected chi connectivity index (χ0v) is 13.1. The van der Waals surface area contributed by atoms with Crippen molar-refractivity contribution in [1.29, 1.82) is 0 Å². The summed E-state index contributed by atoms with van der Waals surface area (Å²) in [4.78, 5) is 4.21. The maximum Gasteiger partial charge on any atom is 0.239 e. The molecule has 0 aliphatic rings. The number of thioether (sulfide) groups is 1. The van der Waals surface area contributed by atoms with Crippen LogP contribution in [0.4, 0.5) is 4.39 Å². The fourth-order valence-corrected chi connectivity index (χ4v) is 2.80. The van der Waals surface area contributed by atoms with Gasteiger partial charge in [0.15, 0.2) is 16.8 Å². The van der Waals surface area contributed by atoms with Crippen LogP contribution in [0.5, 0.6) is 0 Å². The standard InChI is InChI=1S/C14H14FN5OS/c1-8(13-16-9(2)19-21-13)22-14-18-17-12(20(14)3)10-4-6-11(15)7-5-10/h4-8H,1-3H3. The van der Waals surface area contributed by atoms with Gasteiger partial charge < -0.3 is 9.09 Å². The predicted molar refractivity (Wildman–Crippen MR) is 79.7 cm³/mol. The van der Waals surface area contributed by atoms with Gasteiger partial charge in [0.25, 0.3) is 0 Å². The molecule has 2 heterocycles. The molecule has 0 aliphatic heterocycles. The highest BCUT2D eigenvalue weighted by Crippen LogP contribution is 2.33. The maximum atomic E-state index is 13.0. The lowest BCUT2D eigenvalue weighted by atomic mass is 10.2. The Morgan fingerprint density at radius 2 is 1.95 bits per heavy atom. The van der Waals surface area contributed by atoms with Gasteiger partial charge in [-0.3, -0.25) is 0 Å². The molecule has 0 amide bonds. The van der Waals surface area contributed by atoms with E-state index in [1.165, 1.54) is 23.9 Å². The molecule has 3 aromatic rings. The third-order valence-corrected chi connectivity index (χ3v) is 4.23. The smallest absolute Gasteiger partial charge is 0.239 e. The molecular formula is C14H14FN5OS. The summed E-state index contributed by atoms with van der Waals surface area (Å²) in [5, 5.41) is 12.8. The van der Waals surface area contributed by atoms with E-state index in [1.54, 1.807) is 19.1 Å². The molecule has 2 aromatic heterocycles. The molecule has 0 aliphatic carbocycles. The minimum absolute atomic E-state index is 0.0369. The van der Waals surface area contributed by atoms with Gasteiger partial charge in [-0.25, -0.2) is 4.39 Å². The van der Waals surface area contributed by atoms with E-state index in [0.29, 0.717) is 17.5 Å². The summed E-state index contributed by atoms with van der Waals surface area (Å²) in [6.45, 7) is 3.74. The Labute approximate surface area is 130 Å². The molecule has 0 saturated heterocycles. The first-order chi connectivity index (χ1) is 10.5. The van der Waals surface area contributed by atoms with Gasteiger partial charge in [-0.2, -0.15) is 4.98 Å². The normalized spacial score (nSPS) is 12.5. The van der Waals surface area contributed by atoms with Gasteiger partial charge in [0.05, 0.1) is 5.25 Å². The molecule has 22 heavy (non-hydrogen) atoms. The van der Waals surface area contributed by atoms with E-state index in [2.05, 4.69) is 20.3 Å². The van der Waals surface area contributed by atoms with E-state index >= 15 is 0 Å². The molecule has 3 rings (SSSR count). The fourth-order valence-electron chi connectivity index (χ4n) is 1.95. The van der Waals surface area contributed by atoms with Gasteiger partial charge >= 0.3 is 0 Å². The third-order valence-electron chi connectivity index (χ3n) is 3.11. The summed E-state index contributed by atoms with van der Waals surface area (Å²) in [5.74, 6) is 1.55. The second-order valence-corrected chi connectivity index (χ2v) is 6.12. The second-order valence-electron chi connectivity index (χ2n) is 4.81. The van der Waals surface area contributed by atoms with E-state index < -0.39 is 0 Å². The topological polar surface area (TPSA) is 69.6 Å². The Kier molecular flexibility index (Phi) is 3.93. The summed E-state index contributed by atoms with van der Waals surface area (Å²) in [6, 6.07) is 6.17. The van der Waals surface area contributed by atoms with Crippen molar-refractivity contribution in [2.45, 2.75) is 24.3 Å². The summed E-state index contributed by atoms with van der Waals surface area (Å²) in [5.41, 5.74) is 0.810. The molecule has 1 atom stereocenters. The van der Waals surface area contributed by atoms with Gasteiger partial charge in [0, 0.05) is 12.6 Å². The molecule has 0 saturated carbocycles. The number of hydrogen-bond donors (Lipinski definition) is 0. The Balaban J connectivity index is 1.82. The lowest BCUT2D eigenvalue weighted by Crippen LogP contribution is -1.97. The lowest BCUT2D eigenvalue weighted by Gasteiger charge is -2.06. The van der Waals surface area contributed by atoms with E-state index in [9.17, 15) is 4.39 Å². The van der Waals surface area contributed by atoms with Crippen molar-refractivity contribution < 1.29 is 8.91 Å². The largest absolute Gasteiger partial charge is 0.338 e. The highest BCUT2D eigenvalue weighted by molar-refractivity contribution is 7.99. The first-order valence-corrected chi connectivity index (χ1v) is 7.55. The number of hydrogen-bond acceptors (Lipinski definition) is 6. The van der Waals surface area contributed by atoms with Crippen LogP contribution in [0.1, 0.15) is 23.9 Å². The first kappa shape index (κ1) is 14.7. The number of aryl methyl sites for hydroxylation is 1. The van der Waals surface area contributed by atoms with Crippen molar-refractivity contribution in [1.82, 2.24) is 24.9 Å². The van der Waals surface area contributed by atoms with Gasteiger partial charge in [-0.1, -0.05) is 16.9 Å². The van der Waals surface area contributed by atoms with Crippen LogP contribution in [-0.2, 0) is 7.05 Å². The molecular weight excluding hydrogens is 305 g/mol. The highest BCUT2D eigenvalue weighted by atomic mass is 32.2. The van der Waals surface area contributed by atoms with Crippen molar-refractivity contribution in [3.8, 4) is 11.4 Å². The van der Waals surface area contributed by atoms with Crippen molar-refractivity contribution in [3.63, 3.8) is 0 Å². The minimum Gasteiger partial charge on any atom is -0.338 e. The molecule has 0 spiro atoms. The van der Waals surface area contributed by atoms with Gasteiger partial charge in [-0.15, -0.1) is 10.2 Å².